The smallest absolute Gasteiger partial charge is 0.121 e. The summed E-state index contributed by atoms with van der Waals surface area (Å²) in [7, 11) is 3.67. The zero-order valence-electron chi connectivity index (χ0n) is 13.0. The summed E-state index contributed by atoms with van der Waals surface area (Å²) in [5, 5.41) is 7.85. The molecule has 1 atom stereocenters. The minimum absolute atomic E-state index is 0.0954. The molecule has 1 unspecified atom stereocenters. The molecule has 0 aliphatic carbocycles. The van der Waals surface area contributed by atoms with E-state index < -0.39 is 0 Å². The van der Waals surface area contributed by atoms with E-state index in [0.717, 1.165) is 34.4 Å². The van der Waals surface area contributed by atoms with Crippen molar-refractivity contribution in [3.05, 3.63) is 45.7 Å². The van der Waals surface area contributed by atoms with Gasteiger partial charge in [-0.3, -0.25) is 4.68 Å². The summed E-state index contributed by atoms with van der Waals surface area (Å²) in [6, 6.07) is 6.38. The maximum absolute atomic E-state index is 5.34. The number of hydrogen-bond acceptors (Lipinski definition) is 3. The number of aryl methyl sites for hydroxylation is 2. The van der Waals surface area contributed by atoms with Gasteiger partial charge in [-0.1, -0.05) is 19.1 Å². The summed E-state index contributed by atoms with van der Waals surface area (Å²) in [4.78, 5) is 0. The molecule has 2 aromatic rings. The quantitative estimate of drug-likeness (QED) is 0.862. The highest BCUT2D eigenvalue weighted by atomic mass is 79.9. The van der Waals surface area contributed by atoms with E-state index >= 15 is 0 Å². The second-order valence-electron chi connectivity index (χ2n) is 5.05. The molecule has 0 fully saturated rings. The van der Waals surface area contributed by atoms with Crippen LogP contribution in [0.25, 0.3) is 0 Å². The van der Waals surface area contributed by atoms with Crippen LogP contribution in [0.15, 0.2) is 28.9 Å². The first-order valence-electron chi connectivity index (χ1n) is 7.15. The average Bonchev–Trinajstić information content (AvgIpc) is 2.82. The highest BCUT2D eigenvalue weighted by Crippen LogP contribution is 2.31. The highest BCUT2D eigenvalue weighted by molar-refractivity contribution is 9.10. The third kappa shape index (κ3) is 3.30. The minimum Gasteiger partial charge on any atom is -0.496 e. The number of ether oxygens (including phenoxy) is 1. The van der Waals surface area contributed by atoms with Crippen LogP contribution in [0.3, 0.4) is 0 Å². The molecule has 21 heavy (non-hydrogen) atoms. The molecule has 0 saturated carbocycles. The van der Waals surface area contributed by atoms with Crippen molar-refractivity contribution in [3.8, 4) is 5.75 Å². The first-order chi connectivity index (χ1) is 10.1. The number of hydrogen-bond donors (Lipinski definition) is 1. The van der Waals surface area contributed by atoms with Crippen LogP contribution in [0.1, 0.15) is 36.2 Å². The summed E-state index contributed by atoms with van der Waals surface area (Å²) in [5.74, 6) is 0.912. The Morgan fingerprint density at radius 3 is 2.76 bits per heavy atom. The second kappa shape index (κ2) is 7.09. The third-order valence-corrected chi connectivity index (χ3v) is 4.19. The van der Waals surface area contributed by atoms with Crippen LogP contribution in [0.2, 0.25) is 0 Å². The number of rotatable bonds is 6. The Bertz CT molecular complexity index is 610. The Morgan fingerprint density at radius 2 is 2.19 bits per heavy atom. The van der Waals surface area contributed by atoms with Gasteiger partial charge in [-0.25, -0.2) is 0 Å². The van der Waals surface area contributed by atoms with Gasteiger partial charge in [-0.15, -0.1) is 0 Å². The van der Waals surface area contributed by atoms with Crippen LogP contribution >= 0.6 is 15.9 Å². The van der Waals surface area contributed by atoms with E-state index in [0.29, 0.717) is 0 Å². The molecule has 1 aromatic heterocycles. The fraction of sp³-hybridized carbons (Fsp3) is 0.438. The largest absolute Gasteiger partial charge is 0.496 e. The molecule has 114 valence electrons. The molecule has 0 spiro atoms. The van der Waals surface area contributed by atoms with Crippen molar-refractivity contribution in [2.45, 2.75) is 32.9 Å². The molecule has 0 aliphatic heterocycles. The monoisotopic (exact) mass is 351 g/mol. The molecule has 0 saturated heterocycles. The molecule has 4 nitrogen and oxygen atoms in total. The van der Waals surface area contributed by atoms with E-state index in [4.69, 9.17) is 4.74 Å². The number of nitrogens with zero attached hydrogens (tertiary/aromatic N) is 2. The van der Waals surface area contributed by atoms with Crippen LogP contribution in [-0.2, 0) is 6.54 Å². The van der Waals surface area contributed by atoms with E-state index in [-0.39, 0.29) is 6.04 Å². The zero-order chi connectivity index (χ0) is 15.4. The fourth-order valence-electron chi connectivity index (χ4n) is 2.59. The standard InChI is InChI=1S/C16H22BrN3O/c1-5-8-20-16(13(17)10-19-20)15(18-3)12-6-7-14(21-4)11(2)9-12/h6-7,9-10,15,18H,5,8H2,1-4H3. The van der Waals surface area contributed by atoms with Gasteiger partial charge in [0.1, 0.15) is 5.75 Å². The van der Waals surface area contributed by atoms with Crippen LogP contribution in [0.5, 0.6) is 5.75 Å². The third-order valence-electron chi connectivity index (χ3n) is 3.58. The molecule has 0 bridgehead atoms. The van der Waals surface area contributed by atoms with Gasteiger partial charge >= 0.3 is 0 Å². The molecule has 1 heterocycles. The lowest BCUT2D eigenvalue weighted by atomic mass is 10.0. The van der Waals surface area contributed by atoms with E-state index in [2.05, 4.69) is 57.0 Å². The number of benzene rings is 1. The maximum atomic E-state index is 5.34. The summed E-state index contributed by atoms with van der Waals surface area (Å²) in [5.41, 5.74) is 3.49. The second-order valence-corrected chi connectivity index (χ2v) is 5.91. The first kappa shape index (κ1) is 16.0. The van der Waals surface area contributed by atoms with E-state index in [9.17, 15) is 0 Å². The van der Waals surface area contributed by atoms with E-state index in [1.807, 2.05) is 19.3 Å². The van der Waals surface area contributed by atoms with Crippen molar-refractivity contribution in [2.75, 3.05) is 14.2 Å². The topological polar surface area (TPSA) is 39.1 Å². The van der Waals surface area contributed by atoms with Crippen molar-refractivity contribution >= 4 is 15.9 Å². The SMILES string of the molecule is CCCn1ncc(Br)c1C(NC)c1ccc(OC)c(C)c1. The Hall–Kier alpha value is -1.33. The first-order valence-corrected chi connectivity index (χ1v) is 7.94. The Morgan fingerprint density at radius 1 is 1.43 bits per heavy atom. The van der Waals surface area contributed by atoms with Gasteiger partial charge < -0.3 is 10.1 Å². The Labute approximate surface area is 134 Å². The predicted molar refractivity (Wildman–Crippen MR) is 88.9 cm³/mol. The van der Waals surface area contributed by atoms with Gasteiger partial charge in [-0.2, -0.15) is 5.10 Å². The molecule has 5 heteroatoms. The van der Waals surface area contributed by atoms with Gasteiger partial charge in [0.15, 0.2) is 0 Å². The van der Waals surface area contributed by atoms with E-state index in [1.165, 1.54) is 5.56 Å². The van der Waals surface area contributed by atoms with Crippen molar-refractivity contribution in [1.29, 1.82) is 0 Å². The summed E-state index contributed by atoms with van der Waals surface area (Å²) >= 11 is 3.62. The molecule has 0 radical (unpaired) electrons. The normalized spacial score (nSPS) is 12.4. The summed E-state index contributed by atoms with van der Waals surface area (Å²) in [6.45, 7) is 5.13. The van der Waals surface area contributed by atoms with Crippen LogP contribution in [-0.4, -0.2) is 23.9 Å². The number of nitrogens with one attached hydrogen (secondary N) is 1. The lowest BCUT2D eigenvalue weighted by molar-refractivity contribution is 0.411. The van der Waals surface area contributed by atoms with E-state index in [1.54, 1.807) is 7.11 Å². The van der Waals surface area contributed by atoms with Crippen LogP contribution < -0.4 is 10.1 Å². The van der Waals surface area contributed by atoms with Crippen molar-refractivity contribution in [3.63, 3.8) is 0 Å². The number of aromatic nitrogens is 2. The lowest BCUT2D eigenvalue weighted by Gasteiger charge is -2.20. The summed E-state index contributed by atoms with van der Waals surface area (Å²) in [6.07, 6.45) is 2.92. The molecule has 2 rings (SSSR count). The van der Waals surface area contributed by atoms with Crippen LogP contribution in [0, 0.1) is 6.92 Å². The molecule has 1 aromatic carbocycles. The fourth-order valence-corrected chi connectivity index (χ4v) is 3.12. The molecular formula is C16H22BrN3O. The number of methoxy groups -OCH3 is 1. The Kier molecular flexibility index (Phi) is 5.42. The molecule has 0 amide bonds. The van der Waals surface area contributed by atoms with Gasteiger partial charge in [0.25, 0.3) is 0 Å². The molecular weight excluding hydrogens is 330 g/mol. The zero-order valence-corrected chi connectivity index (χ0v) is 14.6. The van der Waals surface area contributed by atoms with Crippen LogP contribution in [0.4, 0.5) is 0 Å². The lowest BCUT2D eigenvalue weighted by Crippen LogP contribution is -2.22. The average molecular weight is 352 g/mol. The molecule has 1 N–H and O–H groups in total. The van der Waals surface area contributed by atoms with Crippen molar-refractivity contribution in [2.24, 2.45) is 0 Å². The van der Waals surface area contributed by atoms with Gasteiger partial charge in [0.05, 0.1) is 29.5 Å². The Balaban J connectivity index is 2.44. The minimum atomic E-state index is 0.0954. The predicted octanol–water partition coefficient (Wildman–Crippen LogP) is 3.68. The molecule has 0 aliphatic rings. The highest BCUT2D eigenvalue weighted by Gasteiger charge is 2.20. The van der Waals surface area contributed by atoms with Gasteiger partial charge in [0.2, 0.25) is 0 Å². The summed E-state index contributed by atoms with van der Waals surface area (Å²) < 4.78 is 8.43. The van der Waals surface area contributed by atoms with Gasteiger partial charge in [-0.05, 0) is 53.5 Å². The van der Waals surface area contributed by atoms with Gasteiger partial charge in [0, 0.05) is 6.54 Å². The van der Waals surface area contributed by atoms with Crippen molar-refractivity contribution in [1.82, 2.24) is 15.1 Å². The number of halogens is 1. The van der Waals surface area contributed by atoms with Crippen molar-refractivity contribution < 1.29 is 4.74 Å². The maximum Gasteiger partial charge on any atom is 0.121 e.